The highest BCUT2D eigenvalue weighted by Gasteiger charge is 2.19. The molecular formula is C17H27NO2. The quantitative estimate of drug-likeness (QED) is 0.793. The largest absolute Gasteiger partial charge is 0.444 e. The predicted molar refractivity (Wildman–Crippen MR) is 83.1 cm³/mol. The second-order valence-electron chi connectivity index (χ2n) is 5.96. The molecule has 112 valence electrons. The van der Waals surface area contributed by atoms with Crippen LogP contribution in [0.4, 0.5) is 4.79 Å². The summed E-state index contributed by atoms with van der Waals surface area (Å²) in [6.07, 6.45) is 2.39. The number of alkyl carbamates (subject to hydrolysis) is 1. The standard InChI is InChI=1S/C17H27NO2/c1-6-17(4,5)20-16(19)18-11-7-8-15-12-13(2)9-10-14(15)3/h9-10,12H,6-8,11H2,1-5H3,(H,18,19). The smallest absolute Gasteiger partial charge is 0.407 e. The van der Waals surface area contributed by atoms with E-state index in [-0.39, 0.29) is 6.09 Å². The number of rotatable bonds is 6. The minimum atomic E-state index is -0.392. The summed E-state index contributed by atoms with van der Waals surface area (Å²) in [6.45, 7) is 10.7. The van der Waals surface area contributed by atoms with Gasteiger partial charge in [0.05, 0.1) is 0 Å². The van der Waals surface area contributed by atoms with Gasteiger partial charge in [-0.15, -0.1) is 0 Å². The van der Waals surface area contributed by atoms with E-state index in [2.05, 4.69) is 37.4 Å². The number of hydrogen-bond acceptors (Lipinski definition) is 2. The number of amides is 1. The van der Waals surface area contributed by atoms with E-state index in [1.165, 1.54) is 16.7 Å². The third-order valence-corrected chi connectivity index (χ3v) is 3.62. The predicted octanol–water partition coefficient (Wildman–Crippen LogP) is 4.15. The second kappa shape index (κ2) is 7.32. The molecule has 1 aromatic rings. The van der Waals surface area contributed by atoms with Crippen LogP contribution in [-0.4, -0.2) is 18.2 Å². The van der Waals surface area contributed by atoms with Gasteiger partial charge in [-0.3, -0.25) is 0 Å². The highest BCUT2D eigenvalue weighted by molar-refractivity contribution is 5.67. The maximum atomic E-state index is 11.6. The number of carbonyl (C=O) groups excluding carboxylic acids is 1. The van der Waals surface area contributed by atoms with Crippen LogP contribution in [0.2, 0.25) is 0 Å². The van der Waals surface area contributed by atoms with Crippen molar-refractivity contribution in [1.82, 2.24) is 5.32 Å². The summed E-state index contributed by atoms with van der Waals surface area (Å²) in [4.78, 5) is 11.6. The van der Waals surface area contributed by atoms with Gasteiger partial charge in [0, 0.05) is 6.54 Å². The molecule has 0 aliphatic heterocycles. The van der Waals surface area contributed by atoms with E-state index in [4.69, 9.17) is 4.74 Å². The average Bonchev–Trinajstić information content (AvgIpc) is 2.38. The first-order valence-corrected chi connectivity index (χ1v) is 7.37. The van der Waals surface area contributed by atoms with E-state index >= 15 is 0 Å². The number of benzene rings is 1. The zero-order valence-electron chi connectivity index (χ0n) is 13.4. The lowest BCUT2D eigenvalue weighted by Crippen LogP contribution is -2.34. The van der Waals surface area contributed by atoms with Crippen molar-refractivity contribution in [3.63, 3.8) is 0 Å². The number of carbonyl (C=O) groups is 1. The third-order valence-electron chi connectivity index (χ3n) is 3.62. The van der Waals surface area contributed by atoms with Gasteiger partial charge in [-0.25, -0.2) is 4.79 Å². The minimum Gasteiger partial charge on any atom is -0.444 e. The van der Waals surface area contributed by atoms with Crippen LogP contribution in [0, 0.1) is 13.8 Å². The van der Waals surface area contributed by atoms with Gasteiger partial charge in [-0.05, 0) is 58.1 Å². The number of hydrogen-bond donors (Lipinski definition) is 1. The lowest BCUT2D eigenvalue weighted by Gasteiger charge is -2.23. The van der Waals surface area contributed by atoms with E-state index in [9.17, 15) is 4.79 Å². The van der Waals surface area contributed by atoms with E-state index < -0.39 is 5.60 Å². The van der Waals surface area contributed by atoms with Gasteiger partial charge in [0.15, 0.2) is 0 Å². The van der Waals surface area contributed by atoms with Crippen LogP contribution in [0.3, 0.4) is 0 Å². The van der Waals surface area contributed by atoms with Crippen LogP contribution in [0.5, 0.6) is 0 Å². The number of aryl methyl sites for hydroxylation is 3. The molecule has 0 spiro atoms. The number of nitrogens with one attached hydrogen (secondary N) is 1. The van der Waals surface area contributed by atoms with Crippen molar-refractivity contribution >= 4 is 6.09 Å². The van der Waals surface area contributed by atoms with Crippen LogP contribution < -0.4 is 5.32 Å². The molecule has 1 amide bonds. The van der Waals surface area contributed by atoms with E-state index in [1.807, 2.05) is 20.8 Å². The summed E-state index contributed by atoms with van der Waals surface area (Å²) in [5.74, 6) is 0. The van der Waals surface area contributed by atoms with Crippen LogP contribution >= 0.6 is 0 Å². The molecule has 0 unspecified atom stereocenters. The van der Waals surface area contributed by atoms with E-state index in [1.54, 1.807) is 0 Å². The van der Waals surface area contributed by atoms with Crippen molar-refractivity contribution in [2.45, 2.75) is 59.5 Å². The zero-order valence-corrected chi connectivity index (χ0v) is 13.4. The molecule has 0 bridgehead atoms. The summed E-state index contributed by atoms with van der Waals surface area (Å²) in [6, 6.07) is 6.49. The third kappa shape index (κ3) is 5.64. The molecule has 0 aliphatic rings. The van der Waals surface area contributed by atoms with Gasteiger partial charge in [0.1, 0.15) is 5.60 Å². The Labute approximate surface area is 122 Å². The monoisotopic (exact) mass is 277 g/mol. The van der Waals surface area contributed by atoms with Crippen molar-refractivity contribution in [3.05, 3.63) is 34.9 Å². The first kappa shape index (κ1) is 16.5. The lowest BCUT2D eigenvalue weighted by atomic mass is 10.0. The Morgan fingerprint density at radius 1 is 1.30 bits per heavy atom. The first-order valence-electron chi connectivity index (χ1n) is 7.37. The molecule has 1 aromatic carbocycles. The van der Waals surface area contributed by atoms with E-state index in [0.717, 1.165) is 19.3 Å². The SMILES string of the molecule is CCC(C)(C)OC(=O)NCCCc1cc(C)ccc1C. The summed E-state index contributed by atoms with van der Waals surface area (Å²) < 4.78 is 5.33. The highest BCUT2D eigenvalue weighted by atomic mass is 16.6. The molecule has 3 heteroatoms. The van der Waals surface area contributed by atoms with Crippen LogP contribution in [0.1, 0.15) is 50.3 Å². The van der Waals surface area contributed by atoms with Gasteiger partial charge in [-0.2, -0.15) is 0 Å². The van der Waals surface area contributed by atoms with Crippen LogP contribution in [-0.2, 0) is 11.2 Å². The van der Waals surface area contributed by atoms with E-state index in [0.29, 0.717) is 6.54 Å². The second-order valence-corrected chi connectivity index (χ2v) is 5.96. The summed E-state index contributed by atoms with van der Waals surface area (Å²) in [5, 5.41) is 2.82. The fourth-order valence-corrected chi connectivity index (χ4v) is 1.90. The Kier molecular flexibility index (Phi) is 6.05. The zero-order chi connectivity index (χ0) is 15.2. The van der Waals surface area contributed by atoms with Crippen molar-refractivity contribution in [2.24, 2.45) is 0 Å². The molecule has 0 aromatic heterocycles. The van der Waals surface area contributed by atoms with Gasteiger partial charge in [0.25, 0.3) is 0 Å². The normalized spacial score (nSPS) is 11.2. The molecule has 0 saturated carbocycles. The molecule has 3 nitrogen and oxygen atoms in total. The summed E-state index contributed by atoms with van der Waals surface area (Å²) in [5.41, 5.74) is 3.55. The van der Waals surface area contributed by atoms with Crippen LogP contribution in [0.25, 0.3) is 0 Å². The van der Waals surface area contributed by atoms with Crippen molar-refractivity contribution < 1.29 is 9.53 Å². The molecule has 0 fully saturated rings. The average molecular weight is 277 g/mol. The topological polar surface area (TPSA) is 38.3 Å². The Morgan fingerprint density at radius 3 is 2.65 bits per heavy atom. The summed E-state index contributed by atoms with van der Waals surface area (Å²) in [7, 11) is 0. The van der Waals surface area contributed by atoms with Gasteiger partial charge in [0.2, 0.25) is 0 Å². The Hall–Kier alpha value is -1.51. The molecule has 1 N–H and O–H groups in total. The molecule has 0 radical (unpaired) electrons. The van der Waals surface area contributed by atoms with Crippen molar-refractivity contribution in [3.8, 4) is 0 Å². The van der Waals surface area contributed by atoms with Gasteiger partial charge in [-0.1, -0.05) is 30.7 Å². The molecular weight excluding hydrogens is 250 g/mol. The fraction of sp³-hybridized carbons (Fsp3) is 0.588. The molecule has 0 aliphatic carbocycles. The molecule has 20 heavy (non-hydrogen) atoms. The fourth-order valence-electron chi connectivity index (χ4n) is 1.90. The minimum absolute atomic E-state index is 0.321. The van der Waals surface area contributed by atoms with Crippen LogP contribution in [0.15, 0.2) is 18.2 Å². The Bertz CT molecular complexity index is 452. The molecule has 1 rings (SSSR count). The van der Waals surface area contributed by atoms with Crippen molar-refractivity contribution in [1.29, 1.82) is 0 Å². The maximum absolute atomic E-state index is 11.6. The number of ether oxygens (including phenoxy) is 1. The lowest BCUT2D eigenvalue weighted by molar-refractivity contribution is 0.0363. The Morgan fingerprint density at radius 2 is 2.00 bits per heavy atom. The summed E-state index contributed by atoms with van der Waals surface area (Å²) >= 11 is 0. The van der Waals surface area contributed by atoms with Gasteiger partial charge < -0.3 is 10.1 Å². The first-order chi connectivity index (χ1) is 9.34. The van der Waals surface area contributed by atoms with Gasteiger partial charge >= 0.3 is 6.09 Å². The Balaban J connectivity index is 2.31. The van der Waals surface area contributed by atoms with Crippen molar-refractivity contribution in [2.75, 3.05) is 6.54 Å². The maximum Gasteiger partial charge on any atom is 0.407 e. The highest BCUT2D eigenvalue weighted by Crippen LogP contribution is 2.14. The molecule has 0 saturated heterocycles. The molecule has 0 heterocycles. The molecule has 0 atom stereocenters.